The Morgan fingerprint density at radius 2 is 2.19 bits per heavy atom. The highest BCUT2D eigenvalue weighted by Gasteiger charge is 2.38. The van der Waals surface area contributed by atoms with E-state index in [0.717, 1.165) is 25.2 Å². The van der Waals surface area contributed by atoms with Gasteiger partial charge in [0.05, 0.1) is 11.6 Å². The number of nitrogens with two attached hydrogens (primary N) is 1. The average Bonchev–Trinajstić information content (AvgIpc) is 2.63. The first kappa shape index (κ1) is 13.4. The maximum atomic E-state index is 6.39. The highest BCUT2D eigenvalue weighted by atomic mass is 15.1. The molecule has 1 aliphatic heterocycles. The summed E-state index contributed by atoms with van der Waals surface area (Å²) in [6.45, 7) is 7.96. The number of allylic oxidation sites excluding steroid dienone is 1. The third-order valence-corrected chi connectivity index (χ3v) is 3.03. The lowest BCUT2D eigenvalue weighted by Crippen LogP contribution is -2.60. The fourth-order valence-electron chi connectivity index (χ4n) is 2.19. The van der Waals surface area contributed by atoms with E-state index >= 15 is 0 Å². The van der Waals surface area contributed by atoms with Gasteiger partial charge in [0.15, 0.2) is 0 Å². The minimum Gasteiger partial charge on any atom is -0.322 e. The summed E-state index contributed by atoms with van der Waals surface area (Å²) in [7, 11) is 1.94. The molecule has 92 valence electrons. The standard InChI is InChI=1S/C12H24N4/c1-9(2)7-16-10(3)11(14-4)12(13)5-6-15-8-12/h7,11,14-15H,5-6,8,13H2,1-4H3/t11?,12-/m1/s1. The van der Waals surface area contributed by atoms with E-state index in [1.165, 1.54) is 5.57 Å². The maximum Gasteiger partial charge on any atom is 0.0645 e. The lowest BCUT2D eigenvalue weighted by Gasteiger charge is -2.32. The number of aliphatic imine (C=N–C) groups is 1. The first-order chi connectivity index (χ1) is 7.49. The van der Waals surface area contributed by atoms with Gasteiger partial charge in [0.25, 0.3) is 0 Å². The monoisotopic (exact) mass is 224 g/mol. The number of rotatable bonds is 4. The van der Waals surface area contributed by atoms with Gasteiger partial charge < -0.3 is 16.4 Å². The van der Waals surface area contributed by atoms with Gasteiger partial charge in [0.2, 0.25) is 0 Å². The number of likely N-dealkylation sites (N-methyl/N-ethyl adjacent to an activating group) is 1. The molecule has 0 bridgehead atoms. The SMILES string of the molecule is CNC(C(C)=NC=C(C)C)[C@@]1(N)CCNC1. The molecule has 1 rings (SSSR count). The number of hydrogen-bond donors (Lipinski definition) is 3. The molecule has 0 amide bonds. The van der Waals surface area contributed by atoms with Crippen molar-refractivity contribution in [1.82, 2.24) is 10.6 Å². The molecule has 1 unspecified atom stereocenters. The van der Waals surface area contributed by atoms with Crippen LogP contribution in [0, 0.1) is 0 Å². The molecule has 1 fully saturated rings. The Bertz CT molecular complexity index is 283. The van der Waals surface area contributed by atoms with Crippen LogP contribution in [0.2, 0.25) is 0 Å². The highest BCUT2D eigenvalue weighted by molar-refractivity contribution is 5.89. The first-order valence-corrected chi connectivity index (χ1v) is 5.84. The lowest BCUT2D eigenvalue weighted by molar-refractivity contribution is 0.396. The van der Waals surface area contributed by atoms with Crippen LogP contribution in [0.15, 0.2) is 16.8 Å². The van der Waals surface area contributed by atoms with Crippen molar-refractivity contribution in [2.45, 2.75) is 38.8 Å². The van der Waals surface area contributed by atoms with Crippen LogP contribution in [-0.4, -0.2) is 37.4 Å². The van der Waals surface area contributed by atoms with Crippen LogP contribution in [0.3, 0.4) is 0 Å². The summed E-state index contributed by atoms with van der Waals surface area (Å²) >= 11 is 0. The molecule has 4 N–H and O–H groups in total. The zero-order chi connectivity index (χ0) is 12.2. The van der Waals surface area contributed by atoms with Crippen LogP contribution in [0.5, 0.6) is 0 Å². The highest BCUT2D eigenvalue weighted by Crippen LogP contribution is 2.17. The Kier molecular flexibility index (Phi) is 4.65. The van der Waals surface area contributed by atoms with Gasteiger partial charge in [-0.05, 0) is 40.8 Å². The number of hydrogen-bond acceptors (Lipinski definition) is 4. The normalized spacial score (nSPS) is 27.9. The van der Waals surface area contributed by atoms with Crippen molar-refractivity contribution >= 4 is 5.71 Å². The summed E-state index contributed by atoms with van der Waals surface area (Å²) in [6.07, 6.45) is 2.88. The van der Waals surface area contributed by atoms with Crippen LogP contribution < -0.4 is 16.4 Å². The molecule has 0 aromatic rings. The summed E-state index contributed by atoms with van der Waals surface area (Å²) in [5, 5.41) is 6.59. The third-order valence-electron chi connectivity index (χ3n) is 3.03. The van der Waals surface area contributed by atoms with E-state index in [0.29, 0.717) is 0 Å². The van der Waals surface area contributed by atoms with E-state index in [1.807, 2.05) is 34.0 Å². The average molecular weight is 224 g/mol. The summed E-state index contributed by atoms with van der Waals surface area (Å²) in [5.74, 6) is 0. The van der Waals surface area contributed by atoms with Gasteiger partial charge in [-0.25, -0.2) is 0 Å². The molecule has 0 aliphatic carbocycles. The van der Waals surface area contributed by atoms with Crippen LogP contribution in [0.4, 0.5) is 0 Å². The Morgan fingerprint density at radius 3 is 2.62 bits per heavy atom. The summed E-state index contributed by atoms with van der Waals surface area (Å²) in [4.78, 5) is 4.47. The van der Waals surface area contributed by atoms with Gasteiger partial charge in [0.1, 0.15) is 0 Å². The smallest absolute Gasteiger partial charge is 0.0645 e. The second kappa shape index (κ2) is 5.57. The third kappa shape index (κ3) is 3.14. The minimum atomic E-state index is -0.210. The molecule has 0 aromatic heterocycles. The molecule has 0 aromatic carbocycles. The fraction of sp³-hybridized carbons (Fsp3) is 0.750. The van der Waals surface area contributed by atoms with Gasteiger partial charge in [0, 0.05) is 18.5 Å². The summed E-state index contributed by atoms with van der Waals surface area (Å²) < 4.78 is 0. The van der Waals surface area contributed by atoms with E-state index in [4.69, 9.17) is 5.73 Å². The lowest BCUT2D eigenvalue weighted by atomic mass is 9.87. The molecule has 1 aliphatic rings. The molecule has 1 saturated heterocycles. The van der Waals surface area contributed by atoms with Gasteiger partial charge >= 0.3 is 0 Å². The van der Waals surface area contributed by atoms with Crippen molar-refractivity contribution in [1.29, 1.82) is 0 Å². The van der Waals surface area contributed by atoms with Crippen LogP contribution in [0.1, 0.15) is 27.2 Å². The Morgan fingerprint density at radius 1 is 1.50 bits per heavy atom. The first-order valence-electron chi connectivity index (χ1n) is 5.84. The summed E-state index contributed by atoms with van der Waals surface area (Å²) in [6, 6.07) is 0.137. The van der Waals surface area contributed by atoms with Crippen LogP contribution >= 0.6 is 0 Å². The molecular weight excluding hydrogens is 200 g/mol. The molecule has 4 nitrogen and oxygen atoms in total. The minimum absolute atomic E-state index is 0.137. The zero-order valence-electron chi connectivity index (χ0n) is 10.8. The molecule has 2 atom stereocenters. The van der Waals surface area contributed by atoms with Crippen molar-refractivity contribution in [3.63, 3.8) is 0 Å². The van der Waals surface area contributed by atoms with Crippen molar-refractivity contribution in [2.24, 2.45) is 10.7 Å². The molecule has 4 heteroatoms. The van der Waals surface area contributed by atoms with Gasteiger partial charge in [-0.15, -0.1) is 0 Å². The molecule has 0 radical (unpaired) electrons. The largest absolute Gasteiger partial charge is 0.322 e. The van der Waals surface area contributed by atoms with Crippen molar-refractivity contribution in [2.75, 3.05) is 20.1 Å². The molecule has 0 saturated carbocycles. The molecule has 0 spiro atoms. The fourth-order valence-corrected chi connectivity index (χ4v) is 2.19. The van der Waals surface area contributed by atoms with E-state index in [2.05, 4.69) is 15.6 Å². The topological polar surface area (TPSA) is 62.4 Å². The summed E-state index contributed by atoms with van der Waals surface area (Å²) in [5.41, 5.74) is 8.43. The van der Waals surface area contributed by atoms with Gasteiger partial charge in [-0.2, -0.15) is 0 Å². The second-order valence-corrected chi connectivity index (χ2v) is 4.86. The zero-order valence-corrected chi connectivity index (χ0v) is 10.8. The molecule has 1 heterocycles. The Hall–Kier alpha value is -0.710. The van der Waals surface area contributed by atoms with E-state index in [9.17, 15) is 0 Å². The van der Waals surface area contributed by atoms with Crippen molar-refractivity contribution in [3.8, 4) is 0 Å². The Labute approximate surface area is 98.4 Å². The maximum absolute atomic E-state index is 6.39. The van der Waals surface area contributed by atoms with Crippen LogP contribution in [0.25, 0.3) is 0 Å². The van der Waals surface area contributed by atoms with Gasteiger partial charge in [-0.1, -0.05) is 5.57 Å². The van der Waals surface area contributed by atoms with E-state index < -0.39 is 0 Å². The predicted molar refractivity (Wildman–Crippen MR) is 69.8 cm³/mol. The van der Waals surface area contributed by atoms with Crippen molar-refractivity contribution in [3.05, 3.63) is 11.8 Å². The number of nitrogens with zero attached hydrogens (tertiary/aromatic N) is 1. The molecular formula is C12H24N4. The van der Waals surface area contributed by atoms with E-state index in [-0.39, 0.29) is 11.6 Å². The van der Waals surface area contributed by atoms with Crippen LogP contribution in [-0.2, 0) is 0 Å². The quantitative estimate of drug-likeness (QED) is 0.614. The Balaban J connectivity index is 2.81. The molecule has 16 heavy (non-hydrogen) atoms. The van der Waals surface area contributed by atoms with Gasteiger partial charge in [-0.3, -0.25) is 4.99 Å². The second-order valence-electron chi connectivity index (χ2n) is 4.86. The number of nitrogens with one attached hydrogen (secondary N) is 2. The predicted octanol–water partition coefficient (Wildman–Crippen LogP) is 0.650. The van der Waals surface area contributed by atoms with E-state index in [1.54, 1.807) is 0 Å². The van der Waals surface area contributed by atoms with Crippen molar-refractivity contribution < 1.29 is 0 Å².